The smallest absolute Gasteiger partial charge is 0.250 e. The molecule has 0 bridgehead atoms. The number of carbonyl (C=O) groups is 1. The molecule has 4 N–H and O–H groups in total. The molecule has 148 valence electrons. The lowest BCUT2D eigenvalue weighted by molar-refractivity contribution is -0.131. The first kappa shape index (κ1) is 21.7. The van der Waals surface area contributed by atoms with Gasteiger partial charge in [0.15, 0.2) is 0 Å². The molecular weight excluding hydrogens is 360 g/mol. The number of nitrogens with two attached hydrogens (primary N) is 1. The van der Waals surface area contributed by atoms with Gasteiger partial charge >= 0.3 is 0 Å². The zero-order chi connectivity index (χ0) is 18.5. The summed E-state index contributed by atoms with van der Waals surface area (Å²) < 4.78 is 0. The molecule has 0 aromatic heterocycles. The van der Waals surface area contributed by atoms with Gasteiger partial charge in [0.05, 0.1) is 6.04 Å². The molecule has 1 unspecified atom stereocenters. The van der Waals surface area contributed by atoms with Gasteiger partial charge in [-0.15, -0.1) is 12.4 Å². The third-order valence-electron chi connectivity index (χ3n) is 5.65. The average Bonchev–Trinajstić information content (AvgIpc) is 2.67. The lowest BCUT2D eigenvalue weighted by atomic mass is 9.84. The van der Waals surface area contributed by atoms with Crippen molar-refractivity contribution in [3.05, 3.63) is 48.0 Å². The second-order valence-corrected chi connectivity index (χ2v) is 7.65. The Balaban J connectivity index is 0.00000261. The number of nitrogens with one attached hydrogen (secondary N) is 1. The summed E-state index contributed by atoms with van der Waals surface area (Å²) in [6, 6.07) is 13.5. The predicted octanol–water partition coefficient (Wildman–Crippen LogP) is 4.10. The number of benzene rings is 2. The average molecular weight is 391 g/mol. The van der Waals surface area contributed by atoms with Gasteiger partial charge in [-0.3, -0.25) is 4.79 Å². The zero-order valence-electron chi connectivity index (χ0n) is 15.9. The van der Waals surface area contributed by atoms with E-state index in [1.165, 1.54) is 19.3 Å². The number of rotatable bonds is 6. The quantitative estimate of drug-likeness (QED) is 0.695. The van der Waals surface area contributed by atoms with Gasteiger partial charge in [0, 0.05) is 6.04 Å². The van der Waals surface area contributed by atoms with Crippen LogP contribution in [0.1, 0.15) is 57.1 Å². The first-order chi connectivity index (χ1) is 12.6. The largest absolute Gasteiger partial charge is 0.382 e. The molecule has 1 saturated carbocycles. The van der Waals surface area contributed by atoms with Gasteiger partial charge in [0.2, 0.25) is 0 Å². The summed E-state index contributed by atoms with van der Waals surface area (Å²) in [7, 11) is 0. The Morgan fingerprint density at radius 3 is 2.56 bits per heavy atom. The maximum absolute atomic E-state index is 12.5. The summed E-state index contributed by atoms with van der Waals surface area (Å²) in [5.74, 6) is 0.158. The van der Waals surface area contributed by atoms with Gasteiger partial charge in [-0.2, -0.15) is 0 Å². The lowest BCUT2D eigenvalue weighted by Crippen LogP contribution is -2.47. The van der Waals surface area contributed by atoms with Crippen LogP contribution in [0.4, 0.5) is 0 Å². The summed E-state index contributed by atoms with van der Waals surface area (Å²) in [6.07, 6.45) is 5.64. The van der Waals surface area contributed by atoms with Crippen molar-refractivity contribution in [1.82, 2.24) is 5.32 Å². The molecule has 1 amide bonds. The molecule has 5 heteroatoms. The lowest BCUT2D eigenvalue weighted by Gasteiger charge is -2.27. The van der Waals surface area contributed by atoms with Gasteiger partial charge in [-0.1, -0.05) is 74.6 Å². The van der Waals surface area contributed by atoms with Crippen LogP contribution in [0.25, 0.3) is 10.8 Å². The van der Waals surface area contributed by atoms with Crippen LogP contribution >= 0.6 is 12.4 Å². The van der Waals surface area contributed by atoms with Crippen molar-refractivity contribution in [2.24, 2.45) is 11.7 Å². The van der Waals surface area contributed by atoms with Gasteiger partial charge in [-0.05, 0) is 35.6 Å². The molecule has 0 spiro atoms. The predicted molar refractivity (Wildman–Crippen MR) is 113 cm³/mol. The summed E-state index contributed by atoms with van der Waals surface area (Å²) >= 11 is 0. The van der Waals surface area contributed by atoms with Crippen molar-refractivity contribution in [2.75, 3.05) is 0 Å². The van der Waals surface area contributed by atoms with Crippen molar-refractivity contribution in [2.45, 2.75) is 63.6 Å². The fourth-order valence-corrected chi connectivity index (χ4v) is 4.14. The highest BCUT2D eigenvalue weighted by molar-refractivity contribution is 5.87. The normalized spacial score (nSPS) is 18.3. The number of fused-ring (bicyclic) bond motifs is 1. The molecule has 27 heavy (non-hydrogen) atoms. The van der Waals surface area contributed by atoms with Gasteiger partial charge in [0.1, 0.15) is 6.10 Å². The third kappa shape index (κ3) is 5.44. The molecule has 0 aliphatic heterocycles. The second kappa shape index (κ2) is 10.1. The molecule has 1 aliphatic rings. The van der Waals surface area contributed by atoms with Gasteiger partial charge < -0.3 is 16.2 Å². The molecule has 2 aromatic carbocycles. The van der Waals surface area contributed by atoms with E-state index in [1.54, 1.807) is 0 Å². The van der Waals surface area contributed by atoms with E-state index in [4.69, 9.17) is 5.73 Å². The summed E-state index contributed by atoms with van der Waals surface area (Å²) in [5, 5.41) is 15.6. The Morgan fingerprint density at radius 1 is 1.15 bits per heavy atom. The Bertz CT molecular complexity index is 741. The minimum Gasteiger partial charge on any atom is -0.382 e. The van der Waals surface area contributed by atoms with E-state index in [2.05, 4.69) is 23.5 Å². The van der Waals surface area contributed by atoms with Crippen LogP contribution in [0.3, 0.4) is 0 Å². The number of amides is 1. The molecule has 3 rings (SSSR count). The number of carbonyl (C=O) groups excluding carboxylic acids is 1. The highest BCUT2D eigenvalue weighted by Crippen LogP contribution is 2.28. The van der Waals surface area contributed by atoms with Gasteiger partial charge in [0.25, 0.3) is 5.91 Å². The SMILES string of the molecule is C[C@@H](NC(=O)C(O)[C@H](N)CC1CCCCC1)c1cccc2ccccc12.Cl. The number of aliphatic hydroxyl groups excluding tert-OH is 1. The van der Waals surface area contributed by atoms with E-state index < -0.39 is 12.1 Å². The molecule has 2 aromatic rings. The fourth-order valence-electron chi connectivity index (χ4n) is 4.14. The van der Waals surface area contributed by atoms with Crippen LogP contribution in [0.2, 0.25) is 0 Å². The van der Waals surface area contributed by atoms with E-state index >= 15 is 0 Å². The minimum atomic E-state index is -1.16. The molecule has 1 aliphatic carbocycles. The number of hydrogen-bond donors (Lipinski definition) is 3. The second-order valence-electron chi connectivity index (χ2n) is 7.65. The topological polar surface area (TPSA) is 75.3 Å². The molecule has 1 fully saturated rings. The molecule has 0 radical (unpaired) electrons. The number of halogens is 1. The number of hydrogen-bond acceptors (Lipinski definition) is 3. The first-order valence-corrected chi connectivity index (χ1v) is 9.78. The maximum atomic E-state index is 12.5. The maximum Gasteiger partial charge on any atom is 0.250 e. The van der Waals surface area contributed by atoms with E-state index in [1.807, 2.05) is 31.2 Å². The van der Waals surface area contributed by atoms with E-state index in [9.17, 15) is 9.90 Å². The van der Waals surface area contributed by atoms with Crippen molar-refractivity contribution < 1.29 is 9.90 Å². The van der Waals surface area contributed by atoms with Crippen molar-refractivity contribution in [1.29, 1.82) is 0 Å². The van der Waals surface area contributed by atoms with Crippen molar-refractivity contribution >= 4 is 29.1 Å². The third-order valence-corrected chi connectivity index (χ3v) is 5.65. The molecule has 0 saturated heterocycles. The Hall–Kier alpha value is -1.62. The van der Waals surface area contributed by atoms with Crippen LogP contribution < -0.4 is 11.1 Å². The highest BCUT2D eigenvalue weighted by atomic mass is 35.5. The molecule has 4 nitrogen and oxygen atoms in total. The monoisotopic (exact) mass is 390 g/mol. The van der Waals surface area contributed by atoms with Crippen LogP contribution in [-0.2, 0) is 4.79 Å². The first-order valence-electron chi connectivity index (χ1n) is 9.78. The standard InChI is InChI=1S/C22H30N2O2.ClH/c1-15(18-13-7-11-17-10-5-6-12-19(17)18)24-22(26)21(25)20(23)14-16-8-3-2-4-9-16;/h5-7,10-13,15-16,20-21,25H,2-4,8-9,14,23H2,1H3,(H,24,26);1H/t15-,20-,21?;/m1./s1. The number of aliphatic hydroxyl groups is 1. The summed E-state index contributed by atoms with van der Waals surface area (Å²) in [6.45, 7) is 1.94. The Labute approximate surface area is 167 Å². The Kier molecular flexibility index (Phi) is 8.08. The van der Waals surface area contributed by atoms with Crippen molar-refractivity contribution in [3.8, 4) is 0 Å². The summed E-state index contributed by atoms with van der Waals surface area (Å²) in [5.41, 5.74) is 7.19. The highest BCUT2D eigenvalue weighted by Gasteiger charge is 2.27. The van der Waals surface area contributed by atoms with E-state index in [0.29, 0.717) is 5.92 Å². The fraction of sp³-hybridized carbons (Fsp3) is 0.500. The van der Waals surface area contributed by atoms with E-state index in [0.717, 1.165) is 35.6 Å². The Morgan fingerprint density at radius 2 is 1.81 bits per heavy atom. The van der Waals surface area contributed by atoms with Crippen LogP contribution in [-0.4, -0.2) is 23.2 Å². The zero-order valence-corrected chi connectivity index (χ0v) is 16.8. The van der Waals surface area contributed by atoms with Crippen LogP contribution in [0, 0.1) is 5.92 Å². The van der Waals surface area contributed by atoms with Crippen molar-refractivity contribution in [3.63, 3.8) is 0 Å². The molecule has 3 atom stereocenters. The molecular formula is C22H31ClN2O2. The van der Waals surface area contributed by atoms with Crippen LogP contribution in [0.5, 0.6) is 0 Å². The minimum absolute atomic E-state index is 0. The van der Waals surface area contributed by atoms with Gasteiger partial charge in [-0.25, -0.2) is 0 Å². The van der Waals surface area contributed by atoms with Crippen LogP contribution in [0.15, 0.2) is 42.5 Å². The molecule has 0 heterocycles. The van der Waals surface area contributed by atoms with E-state index in [-0.39, 0.29) is 24.4 Å². The summed E-state index contributed by atoms with van der Waals surface area (Å²) in [4.78, 5) is 12.5.